The molecule has 8 heavy (non-hydrogen) atoms. The molecule has 0 fully saturated rings. The van der Waals surface area contributed by atoms with Crippen LogP contribution >= 0.6 is 0 Å². The van der Waals surface area contributed by atoms with Gasteiger partial charge < -0.3 is 4.84 Å². The predicted octanol–water partition coefficient (Wildman–Crippen LogP) is 1.81. The van der Waals surface area contributed by atoms with Gasteiger partial charge in [0.25, 0.3) is 0 Å². The molecule has 0 atom stereocenters. The van der Waals surface area contributed by atoms with Crippen LogP contribution in [0.3, 0.4) is 0 Å². The summed E-state index contributed by atoms with van der Waals surface area (Å²) in [5.74, 6) is 0. The van der Waals surface area contributed by atoms with E-state index in [4.69, 9.17) is 4.84 Å². The molecule has 0 amide bonds. The number of rotatable bonds is 3. The Morgan fingerprint density at radius 2 is 2.12 bits per heavy atom. The highest BCUT2D eigenvalue weighted by molar-refractivity contribution is 5.80. The summed E-state index contributed by atoms with van der Waals surface area (Å²) >= 11 is 0. The van der Waals surface area contributed by atoms with Crippen molar-refractivity contribution >= 4 is 5.71 Å². The monoisotopic (exact) mass is 115 g/mol. The molecule has 2 heteroatoms. The number of hydrogen-bond donors (Lipinski definition) is 0. The van der Waals surface area contributed by atoms with E-state index in [2.05, 4.69) is 12.1 Å². The fourth-order valence-corrected chi connectivity index (χ4v) is 0.239. The van der Waals surface area contributed by atoms with Crippen LogP contribution in [-0.2, 0) is 4.84 Å². The van der Waals surface area contributed by atoms with Crippen molar-refractivity contribution in [1.29, 1.82) is 0 Å². The quantitative estimate of drug-likeness (QED) is 0.406. The lowest BCUT2D eigenvalue weighted by Crippen LogP contribution is -1.89. The second kappa shape index (κ2) is 4.62. The van der Waals surface area contributed by atoms with Gasteiger partial charge in [-0.05, 0) is 20.3 Å². The van der Waals surface area contributed by atoms with Crippen LogP contribution in [0.4, 0.5) is 0 Å². The Morgan fingerprint density at radius 1 is 1.50 bits per heavy atom. The van der Waals surface area contributed by atoms with Gasteiger partial charge >= 0.3 is 0 Å². The highest BCUT2D eigenvalue weighted by atomic mass is 16.6. The fraction of sp³-hybridized carbons (Fsp3) is 0.833. The molecule has 2 nitrogen and oxygen atoms in total. The molecule has 0 spiro atoms. The smallest absolute Gasteiger partial charge is 0.114 e. The second-order valence-electron chi connectivity index (χ2n) is 1.60. The van der Waals surface area contributed by atoms with Gasteiger partial charge in [-0.2, -0.15) is 0 Å². The summed E-state index contributed by atoms with van der Waals surface area (Å²) in [5.41, 5.74) is 1.05. The first-order valence-electron chi connectivity index (χ1n) is 2.96. The van der Waals surface area contributed by atoms with Crippen LogP contribution in [0, 0.1) is 0 Å². The molecule has 0 aromatic carbocycles. The zero-order valence-electron chi connectivity index (χ0n) is 5.77. The van der Waals surface area contributed by atoms with Crippen molar-refractivity contribution in [3.8, 4) is 0 Å². The summed E-state index contributed by atoms with van der Waals surface area (Å²) in [6.07, 6.45) is 0.972. The Morgan fingerprint density at radius 3 is 2.50 bits per heavy atom. The molecule has 0 radical (unpaired) electrons. The maximum atomic E-state index is 4.77. The molecule has 0 N–H and O–H groups in total. The lowest BCUT2D eigenvalue weighted by molar-refractivity contribution is 0.158. The highest BCUT2D eigenvalue weighted by Gasteiger charge is 1.81. The molecular formula is C6H13NO. The first-order chi connectivity index (χ1) is 3.81. The van der Waals surface area contributed by atoms with Gasteiger partial charge in [-0.15, -0.1) is 0 Å². The van der Waals surface area contributed by atoms with Crippen molar-refractivity contribution < 1.29 is 4.84 Å². The zero-order valence-corrected chi connectivity index (χ0v) is 5.77. The van der Waals surface area contributed by atoms with Crippen LogP contribution in [0.2, 0.25) is 0 Å². The van der Waals surface area contributed by atoms with E-state index in [1.54, 1.807) is 0 Å². The summed E-state index contributed by atoms with van der Waals surface area (Å²) < 4.78 is 0. The number of nitrogens with zero attached hydrogens (tertiary/aromatic N) is 1. The lowest BCUT2D eigenvalue weighted by Gasteiger charge is -1.93. The molecular weight excluding hydrogens is 102 g/mol. The van der Waals surface area contributed by atoms with Gasteiger partial charge in [-0.1, -0.05) is 12.1 Å². The Bertz CT molecular complexity index is 78.6. The molecule has 0 aliphatic carbocycles. The summed E-state index contributed by atoms with van der Waals surface area (Å²) in [4.78, 5) is 4.77. The van der Waals surface area contributed by atoms with Gasteiger partial charge in [0.1, 0.15) is 6.61 Å². The molecule has 0 unspecified atom stereocenters. The molecule has 0 aromatic heterocycles. The molecule has 0 aliphatic heterocycles. The Labute approximate surface area is 50.5 Å². The maximum absolute atomic E-state index is 4.77. The number of oxime groups is 1. The molecule has 0 aromatic rings. The van der Waals surface area contributed by atoms with Gasteiger partial charge in [0.15, 0.2) is 0 Å². The third-order valence-corrected chi connectivity index (χ3v) is 0.861. The minimum Gasteiger partial charge on any atom is -0.396 e. The normalized spacial score (nSPS) is 11.6. The van der Waals surface area contributed by atoms with Crippen molar-refractivity contribution in [1.82, 2.24) is 0 Å². The molecule has 0 saturated heterocycles. The van der Waals surface area contributed by atoms with Gasteiger partial charge in [0, 0.05) is 0 Å². The average molecular weight is 115 g/mol. The van der Waals surface area contributed by atoms with Crippen LogP contribution in [0.25, 0.3) is 0 Å². The summed E-state index contributed by atoms with van der Waals surface area (Å²) in [6, 6.07) is 0. The standard InChI is InChI=1S/C6H13NO/c1-4-6(3)7-8-5-2/h4-5H2,1-3H3. The molecule has 48 valence electrons. The van der Waals surface area contributed by atoms with E-state index in [1.807, 2.05) is 13.8 Å². The van der Waals surface area contributed by atoms with E-state index in [0.29, 0.717) is 6.61 Å². The van der Waals surface area contributed by atoms with Crippen LogP contribution in [0.5, 0.6) is 0 Å². The van der Waals surface area contributed by atoms with E-state index in [9.17, 15) is 0 Å². The van der Waals surface area contributed by atoms with Gasteiger partial charge in [0.05, 0.1) is 5.71 Å². The lowest BCUT2D eigenvalue weighted by atomic mass is 10.3. The van der Waals surface area contributed by atoms with E-state index < -0.39 is 0 Å². The first-order valence-corrected chi connectivity index (χ1v) is 2.96. The third kappa shape index (κ3) is 3.65. The van der Waals surface area contributed by atoms with Crippen LogP contribution in [-0.4, -0.2) is 12.3 Å². The van der Waals surface area contributed by atoms with Gasteiger partial charge in [0.2, 0.25) is 0 Å². The topological polar surface area (TPSA) is 21.6 Å². The van der Waals surface area contributed by atoms with E-state index in [1.165, 1.54) is 0 Å². The van der Waals surface area contributed by atoms with Gasteiger partial charge in [-0.3, -0.25) is 0 Å². The van der Waals surface area contributed by atoms with Crippen molar-refractivity contribution in [2.24, 2.45) is 5.16 Å². The van der Waals surface area contributed by atoms with E-state index in [0.717, 1.165) is 12.1 Å². The first kappa shape index (κ1) is 7.47. The Hall–Kier alpha value is -0.530. The largest absolute Gasteiger partial charge is 0.396 e. The molecule has 0 bridgehead atoms. The Kier molecular flexibility index (Phi) is 4.32. The van der Waals surface area contributed by atoms with Crippen molar-refractivity contribution in [3.63, 3.8) is 0 Å². The van der Waals surface area contributed by atoms with E-state index >= 15 is 0 Å². The number of hydrogen-bond acceptors (Lipinski definition) is 2. The fourth-order valence-electron chi connectivity index (χ4n) is 0.239. The molecule has 0 rings (SSSR count). The Balaban J connectivity index is 3.26. The van der Waals surface area contributed by atoms with E-state index in [-0.39, 0.29) is 0 Å². The summed E-state index contributed by atoms with van der Waals surface area (Å²) in [5, 5.41) is 3.78. The minimum atomic E-state index is 0.664. The molecule has 0 heterocycles. The van der Waals surface area contributed by atoms with Crippen molar-refractivity contribution in [2.75, 3.05) is 6.61 Å². The summed E-state index contributed by atoms with van der Waals surface area (Å²) in [7, 11) is 0. The van der Waals surface area contributed by atoms with Crippen LogP contribution in [0.1, 0.15) is 27.2 Å². The SMILES string of the molecule is CCON=C(C)CC. The minimum absolute atomic E-state index is 0.664. The average Bonchev–Trinajstić information content (AvgIpc) is 1.83. The predicted molar refractivity (Wildman–Crippen MR) is 35.0 cm³/mol. The summed E-state index contributed by atoms with van der Waals surface area (Å²) in [6.45, 7) is 6.59. The van der Waals surface area contributed by atoms with Crippen LogP contribution in [0.15, 0.2) is 5.16 Å². The van der Waals surface area contributed by atoms with Gasteiger partial charge in [-0.25, -0.2) is 0 Å². The zero-order chi connectivity index (χ0) is 6.41. The van der Waals surface area contributed by atoms with Crippen molar-refractivity contribution in [2.45, 2.75) is 27.2 Å². The third-order valence-electron chi connectivity index (χ3n) is 0.861. The molecule has 0 saturated carbocycles. The second-order valence-corrected chi connectivity index (χ2v) is 1.60. The highest BCUT2D eigenvalue weighted by Crippen LogP contribution is 1.84. The van der Waals surface area contributed by atoms with Crippen LogP contribution < -0.4 is 0 Å². The molecule has 0 aliphatic rings. The van der Waals surface area contributed by atoms with Crippen molar-refractivity contribution in [3.05, 3.63) is 0 Å². The maximum Gasteiger partial charge on any atom is 0.114 e.